The van der Waals surface area contributed by atoms with E-state index < -0.39 is 0 Å². The fourth-order valence-electron chi connectivity index (χ4n) is 1.12. The standard InChI is InChI=1S/C11H16ClNOS/c1-2-14-6-3-7-15-11-8-9(12)4-5-10(11)13/h4-5,8H,2-3,6-7,13H2,1H3. The van der Waals surface area contributed by atoms with Gasteiger partial charge in [-0.15, -0.1) is 11.8 Å². The van der Waals surface area contributed by atoms with Crippen LogP contribution >= 0.6 is 23.4 Å². The molecule has 0 amide bonds. The van der Waals surface area contributed by atoms with E-state index in [0.717, 1.165) is 41.0 Å². The Morgan fingerprint density at radius 1 is 1.47 bits per heavy atom. The lowest BCUT2D eigenvalue weighted by Gasteiger charge is -2.05. The third-order valence-corrected chi connectivity index (χ3v) is 3.26. The number of thioether (sulfide) groups is 1. The minimum atomic E-state index is 0.733. The molecule has 0 radical (unpaired) electrons. The van der Waals surface area contributed by atoms with E-state index in [2.05, 4.69) is 0 Å². The first kappa shape index (κ1) is 12.7. The molecular weight excluding hydrogens is 230 g/mol. The summed E-state index contributed by atoms with van der Waals surface area (Å²) in [5.41, 5.74) is 6.61. The zero-order valence-corrected chi connectivity index (χ0v) is 10.4. The fourth-order valence-corrected chi connectivity index (χ4v) is 2.28. The van der Waals surface area contributed by atoms with E-state index in [1.807, 2.05) is 19.1 Å². The summed E-state index contributed by atoms with van der Waals surface area (Å²) in [6.45, 7) is 3.59. The Balaban J connectivity index is 2.33. The predicted octanol–water partition coefficient (Wildman–Crippen LogP) is 3.44. The fraction of sp³-hybridized carbons (Fsp3) is 0.455. The lowest BCUT2D eigenvalue weighted by atomic mass is 10.3. The molecule has 0 heterocycles. The van der Waals surface area contributed by atoms with E-state index in [1.54, 1.807) is 17.8 Å². The molecule has 0 aliphatic carbocycles. The second-order valence-electron chi connectivity index (χ2n) is 3.08. The zero-order chi connectivity index (χ0) is 11.1. The van der Waals surface area contributed by atoms with Crippen LogP contribution in [-0.4, -0.2) is 19.0 Å². The molecule has 15 heavy (non-hydrogen) atoms. The van der Waals surface area contributed by atoms with Gasteiger partial charge in [0, 0.05) is 34.6 Å². The second kappa shape index (κ2) is 6.99. The summed E-state index contributed by atoms with van der Waals surface area (Å²) in [5.74, 6) is 1.00. The van der Waals surface area contributed by atoms with Crippen molar-refractivity contribution in [1.29, 1.82) is 0 Å². The molecule has 1 aromatic rings. The first-order valence-electron chi connectivity index (χ1n) is 4.99. The Morgan fingerprint density at radius 3 is 3.00 bits per heavy atom. The highest BCUT2D eigenvalue weighted by Crippen LogP contribution is 2.28. The molecule has 2 N–H and O–H groups in total. The summed E-state index contributed by atoms with van der Waals surface area (Å²) in [5, 5.41) is 0.733. The first-order valence-corrected chi connectivity index (χ1v) is 6.36. The Bertz CT molecular complexity index is 307. The van der Waals surface area contributed by atoms with E-state index in [0.29, 0.717) is 0 Å². The molecule has 0 aliphatic heterocycles. The summed E-state index contributed by atoms with van der Waals surface area (Å²) in [6.07, 6.45) is 1.03. The van der Waals surface area contributed by atoms with Gasteiger partial charge in [-0.3, -0.25) is 0 Å². The smallest absolute Gasteiger partial charge is 0.0473 e. The number of hydrogen-bond acceptors (Lipinski definition) is 3. The molecule has 84 valence electrons. The number of anilines is 1. The molecule has 0 aromatic heterocycles. The van der Waals surface area contributed by atoms with E-state index in [-0.39, 0.29) is 0 Å². The van der Waals surface area contributed by atoms with E-state index in [4.69, 9.17) is 22.1 Å². The zero-order valence-electron chi connectivity index (χ0n) is 8.83. The van der Waals surface area contributed by atoms with Crippen molar-refractivity contribution in [2.24, 2.45) is 0 Å². The van der Waals surface area contributed by atoms with Crippen molar-refractivity contribution in [3.63, 3.8) is 0 Å². The number of nitrogens with two attached hydrogens (primary N) is 1. The molecule has 0 unspecified atom stereocenters. The predicted molar refractivity (Wildman–Crippen MR) is 67.7 cm³/mol. The van der Waals surface area contributed by atoms with Crippen molar-refractivity contribution < 1.29 is 4.74 Å². The molecule has 1 rings (SSSR count). The maximum atomic E-state index is 5.89. The van der Waals surface area contributed by atoms with Gasteiger partial charge in [0.1, 0.15) is 0 Å². The van der Waals surface area contributed by atoms with Gasteiger partial charge in [-0.2, -0.15) is 0 Å². The van der Waals surface area contributed by atoms with Crippen molar-refractivity contribution in [3.05, 3.63) is 23.2 Å². The van der Waals surface area contributed by atoms with Crippen LogP contribution in [0.5, 0.6) is 0 Å². The maximum absolute atomic E-state index is 5.89. The van der Waals surface area contributed by atoms with E-state index in [9.17, 15) is 0 Å². The molecule has 0 saturated heterocycles. The molecule has 0 atom stereocenters. The Kier molecular flexibility index (Phi) is 5.91. The quantitative estimate of drug-likeness (QED) is 0.474. The minimum absolute atomic E-state index is 0.733. The summed E-state index contributed by atoms with van der Waals surface area (Å²) in [7, 11) is 0. The van der Waals surface area contributed by atoms with Crippen molar-refractivity contribution in [2.75, 3.05) is 24.7 Å². The number of rotatable bonds is 6. The lowest BCUT2D eigenvalue weighted by Crippen LogP contribution is -1.95. The molecule has 4 heteroatoms. The van der Waals surface area contributed by atoms with E-state index >= 15 is 0 Å². The topological polar surface area (TPSA) is 35.2 Å². The van der Waals surface area contributed by atoms with Gasteiger partial charge >= 0.3 is 0 Å². The number of benzene rings is 1. The van der Waals surface area contributed by atoms with Crippen LogP contribution in [0.4, 0.5) is 5.69 Å². The Morgan fingerprint density at radius 2 is 2.27 bits per heavy atom. The molecule has 0 fully saturated rings. The molecular formula is C11H16ClNOS. The molecule has 0 spiro atoms. The third-order valence-electron chi connectivity index (χ3n) is 1.87. The van der Waals surface area contributed by atoms with Crippen LogP contribution in [-0.2, 0) is 4.74 Å². The van der Waals surface area contributed by atoms with Crippen molar-refractivity contribution in [2.45, 2.75) is 18.2 Å². The molecule has 0 saturated carbocycles. The van der Waals surface area contributed by atoms with Crippen LogP contribution in [0.3, 0.4) is 0 Å². The van der Waals surface area contributed by atoms with Gasteiger partial charge in [0.15, 0.2) is 0 Å². The molecule has 0 aliphatic rings. The summed E-state index contributed by atoms with van der Waals surface area (Å²) < 4.78 is 5.25. The van der Waals surface area contributed by atoms with Gasteiger partial charge in [-0.25, -0.2) is 0 Å². The Labute approximate surface area is 100 Å². The monoisotopic (exact) mass is 245 g/mol. The van der Waals surface area contributed by atoms with Crippen molar-refractivity contribution in [1.82, 2.24) is 0 Å². The van der Waals surface area contributed by atoms with Crippen LogP contribution in [0.2, 0.25) is 5.02 Å². The maximum Gasteiger partial charge on any atom is 0.0473 e. The number of halogens is 1. The highest BCUT2D eigenvalue weighted by atomic mass is 35.5. The van der Waals surface area contributed by atoms with Gasteiger partial charge in [0.05, 0.1) is 0 Å². The van der Waals surface area contributed by atoms with Crippen LogP contribution in [0.25, 0.3) is 0 Å². The number of ether oxygens (including phenoxy) is 1. The normalized spacial score (nSPS) is 10.5. The van der Waals surface area contributed by atoms with Gasteiger partial charge < -0.3 is 10.5 Å². The van der Waals surface area contributed by atoms with Gasteiger partial charge in [-0.05, 0) is 31.5 Å². The summed E-state index contributed by atoms with van der Waals surface area (Å²) in [6, 6.07) is 5.55. The average Bonchev–Trinajstić information content (AvgIpc) is 2.23. The largest absolute Gasteiger partial charge is 0.398 e. The average molecular weight is 246 g/mol. The first-order chi connectivity index (χ1) is 7.24. The van der Waals surface area contributed by atoms with Crippen LogP contribution < -0.4 is 5.73 Å². The number of nitrogen functional groups attached to an aromatic ring is 1. The van der Waals surface area contributed by atoms with Crippen LogP contribution in [0, 0.1) is 0 Å². The van der Waals surface area contributed by atoms with Crippen LogP contribution in [0.1, 0.15) is 13.3 Å². The van der Waals surface area contributed by atoms with Crippen molar-refractivity contribution >= 4 is 29.1 Å². The SMILES string of the molecule is CCOCCCSc1cc(Cl)ccc1N. The second-order valence-corrected chi connectivity index (χ2v) is 4.65. The highest BCUT2D eigenvalue weighted by molar-refractivity contribution is 7.99. The minimum Gasteiger partial charge on any atom is -0.398 e. The third kappa shape index (κ3) is 4.78. The van der Waals surface area contributed by atoms with Gasteiger partial charge in [-0.1, -0.05) is 11.6 Å². The van der Waals surface area contributed by atoms with Gasteiger partial charge in [0.2, 0.25) is 0 Å². The summed E-state index contributed by atoms with van der Waals surface area (Å²) in [4.78, 5) is 1.05. The molecule has 0 bridgehead atoms. The van der Waals surface area contributed by atoms with Crippen LogP contribution in [0.15, 0.2) is 23.1 Å². The summed E-state index contributed by atoms with van der Waals surface area (Å²) >= 11 is 7.61. The van der Waals surface area contributed by atoms with E-state index in [1.165, 1.54) is 0 Å². The molecule has 1 aromatic carbocycles. The van der Waals surface area contributed by atoms with Crippen molar-refractivity contribution in [3.8, 4) is 0 Å². The molecule has 2 nitrogen and oxygen atoms in total. The highest BCUT2D eigenvalue weighted by Gasteiger charge is 2.00. The Hall–Kier alpha value is -0.380. The number of hydrogen-bond donors (Lipinski definition) is 1. The van der Waals surface area contributed by atoms with Gasteiger partial charge in [0.25, 0.3) is 0 Å². The lowest BCUT2D eigenvalue weighted by molar-refractivity contribution is 0.149.